The van der Waals surface area contributed by atoms with Gasteiger partial charge in [0.05, 0.1) is 43.4 Å². The summed E-state index contributed by atoms with van der Waals surface area (Å²) in [5.74, 6) is -0.892. The Bertz CT molecular complexity index is 1570. The first kappa shape index (κ1) is 24.2. The number of aromatic carboxylic acids is 1. The third kappa shape index (κ3) is 4.45. The summed E-state index contributed by atoms with van der Waals surface area (Å²) in [4.78, 5) is 25.4. The van der Waals surface area contributed by atoms with Crippen molar-refractivity contribution < 1.29 is 23.8 Å². The Morgan fingerprint density at radius 3 is 2.65 bits per heavy atom. The van der Waals surface area contributed by atoms with Gasteiger partial charge in [-0.15, -0.1) is 0 Å². The van der Waals surface area contributed by atoms with Crippen molar-refractivity contribution in [2.45, 2.75) is 6.54 Å². The Kier molecular flexibility index (Phi) is 6.45. The van der Waals surface area contributed by atoms with Crippen molar-refractivity contribution in [2.24, 2.45) is 4.99 Å². The number of nitrogens with one attached hydrogen (secondary N) is 1. The monoisotopic (exact) mass is 518 g/mol. The average molecular weight is 519 g/mol. The van der Waals surface area contributed by atoms with Crippen LogP contribution >= 0.6 is 11.6 Å². The molecule has 1 aromatic heterocycles. The summed E-state index contributed by atoms with van der Waals surface area (Å²) in [7, 11) is 2.86. The van der Waals surface area contributed by atoms with Crippen molar-refractivity contribution in [1.29, 1.82) is 0 Å². The quantitative estimate of drug-likeness (QED) is 0.335. The number of fused-ring (bicyclic) bond motifs is 3. The van der Waals surface area contributed by atoms with Gasteiger partial charge in [-0.3, -0.25) is 4.99 Å². The summed E-state index contributed by atoms with van der Waals surface area (Å²) in [6.45, 7) is 0.187. The zero-order valence-corrected chi connectivity index (χ0v) is 20.5. The summed E-state index contributed by atoms with van der Waals surface area (Å²) in [5.41, 5.74) is 3.55. The van der Waals surface area contributed by atoms with E-state index in [0.29, 0.717) is 44.6 Å². The molecule has 0 unspecified atom stereocenters. The predicted molar refractivity (Wildman–Crippen MR) is 138 cm³/mol. The van der Waals surface area contributed by atoms with Gasteiger partial charge in [0.15, 0.2) is 5.75 Å². The number of hydrogen-bond donors (Lipinski definition) is 2. The standard InChI is InChI=1S/C27H20ClFN4O4/c1-36-21-8-4-6-19(29)22(21)24-18-11-15(28)9-10-16(18)23-14(12-30-24)13-31-27(33-23)32-20-7-3-5-17(26(34)35)25(20)37-2/h3-11,13H,12H2,1-2H3,(H,34,35)(H,31,32,33). The molecule has 186 valence electrons. The fraction of sp³-hybridized carbons (Fsp3) is 0.111. The van der Waals surface area contributed by atoms with Crippen LogP contribution in [0.1, 0.15) is 27.0 Å². The number of aliphatic imine (C=N–C) groups is 1. The van der Waals surface area contributed by atoms with Gasteiger partial charge in [0, 0.05) is 27.9 Å². The van der Waals surface area contributed by atoms with Crippen LogP contribution in [0.15, 0.2) is 65.8 Å². The Labute approximate surface area is 216 Å². The molecule has 8 nitrogen and oxygen atoms in total. The van der Waals surface area contributed by atoms with Crippen molar-refractivity contribution in [3.63, 3.8) is 0 Å². The summed E-state index contributed by atoms with van der Waals surface area (Å²) in [5, 5.41) is 13.0. The van der Waals surface area contributed by atoms with E-state index in [1.54, 1.807) is 48.7 Å². The van der Waals surface area contributed by atoms with Crippen LogP contribution in [0.2, 0.25) is 5.02 Å². The minimum absolute atomic E-state index is 0.000811. The second-order valence-corrected chi connectivity index (χ2v) is 8.49. The molecule has 0 atom stereocenters. The molecule has 0 fully saturated rings. The van der Waals surface area contributed by atoms with Crippen LogP contribution in [-0.2, 0) is 6.54 Å². The molecule has 0 saturated heterocycles. The van der Waals surface area contributed by atoms with Gasteiger partial charge in [0.1, 0.15) is 17.1 Å². The minimum atomic E-state index is -1.12. The molecule has 1 aliphatic heterocycles. The molecule has 3 aromatic carbocycles. The fourth-order valence-electron chi connectivity index (χ4n) is 4.25. The number of carboxylic acids is 1. The topological polar surface area (TPSA) is 106 Å². The number of methoxy groups -OCH3 is 2. The molecule has 10 heteroatoms. The third-order valence-corrected chi connectivity index (χ3v) is 6.13. The van der Waals surface area contributed by atoms with E-state index < -0.39 is 11.8 Å². The maximum atomic E-state index is 15.1. The Morgan fingerprint density at radius 1 is 1.08 bits per heavy atom. The number of carboxylic acid groups (broad SMARTS) is 1. The van der Waals surface area contributed by atoms with E-state index in [1.165, 1.54) is 26.4 Å². The Balaban J connectivity index is 1.63. The molecular weight excluding hydrogens is 499 g/mol. The van der Waals surface area contributed by atoms with E-state index in [-0.39, 0.29) is 29.4 Å². The largest absolute Gasteiger partial charge is 0.496 e. The van der Waals surface area contributed by atoms with E-state index in [4.69, 9.17) is 31.1 Å². The molecule has 2 heterocycles. The Hall–Kier alpha value is -4.50. The first-order valence-electron chi connectivity index (χ1n) is 11.1. The maximum Gasteiger partial charge on any atom is 0.339 e. The molecule has 4 aromatic rings. The normalized spacial score (nSPS) is 12.1. The Morgan fingerprint density at radius 2 is 1.89 bits per heavy atom. The highest BCUT2D eigenvalue weighted by molar-refractivity contribution is 6.31. The van der Waals surface area contributed by atoms with Crippen LogP contribution in [0.25, 0.3) is 11.3 Å². The molecule has 0 spiro atoms. The number of ether oxygens (including phenoxy) is 2. The van der Waals surface area contributed by atoms with Gasteiger partial charge in [-0.25, -0.2) is 19.2 Å². The second-order valence-electron chi connectivity index (χ2n) is 8.06. The van der Waals surface area contributed by atoms with Gasteiger partial charge >= 0.3 is 5.97 Å². The van der Waals surface area contributed by atoms with Gasteiger partial charge in [-0.05, 0) is 36.4 Å². The van der Waals surface area contributed by atoms with E-state index in [0.717, 1.165) is 0 Å². The van der Waals surface area contributed by atoms with E-state index in [9.17, 15) is 9.90 Å². The van der Waals surface area contributed by atoms with Crippen LogP contribution < -0.4 is 14.8 Å². The first-order valence-corrected chi connectivity index (χ1v) is 11.5. The second kappa shape index (κ2) is 9.87. The zero-order valence-electron chi connectivity index (χ0n) is 19.8. The number of anilines is 2. The van der Waals surface area contributed by atoms with Gasteiger partial charge in [0.25, 0.3) is 0 Å². The van der Waals surface area contributed by atoms with E-state index in [2.05, 4.69) is 10.3 Å². The molecule has 1 aliphatic rings. The number of carbonyl (C=O) groups is 1. The number of halogens is 2. The lowest BCUT2D eigenvalue weighted by Crippen LogP contribution is -2.09. The highest BCUT2D eigenvalue weighted by Crippen LogP contribution is 2.37. The molecule has 0 bridgehead atoms. The SMILES string of the molecule is COc1cccc(F)c1C1=NCc2cnc(Nc3cccc(C(=O)O)c3OC)nc2-c2ccc(Cl)cc21. The summed E-state index contributed by atoms with van der Waals surface area (Å²) < 4.78 is 25.8. The maximum absolute atomic E-state index is 15.1. The van der Waals surface area contributed by atoms with Gasteiger partial charge < -0.3 is 19.9 Å². The van der Waals surface area contributed by atoms with Crippen molar-refractivity contribution in [3.05, 3.63) is 93.9 Å². The lowest BCUT2D eigenvalue weighted by atomic mass is 9.94. The van der Waals surface area contributed by atoms with Crippen LogP contribution in [0.4, 0.5) is 16.0 Å². The average Bonchev–Trinajstić information content (AvgIpc) is 3.04. The molecule has 0 amide bonds. The molecular formula is C27H20ClFN4O4. The van der Waals surface area contributed by atoms with Gasteiger partial charge in [-0.2, -0.15) is 0 Å². The van der Waals surface area contributed by atoms with Gasteiger partial charge in [-0.1, -0.05) is 29.8 Å². The summed E-state index contributed by atoms with van der Waals surface area (Å²) in [6.07, 6.45) is 1.63. The van der Waals surface area contributed by atoms with Crippen LogP contribution in [-0.4, -0.2) is 41.0 Å². The fourth-order valence-corrected chi connectivity index (χ4v) is 4.42. The molecule has 2 N–H and O–H groups in total. The minimum Gasteiger partial charge on any atom is -0.496 e. The van der Waals surface area contributed by atoms with Crippen LogP contribution in [0.5, 0.6) is 11.5 Å². The number of aromatic nitrogens is 2. The van der Waals surface area contributed by atoms with Crippen molar-refractivity contribution in [2.75, 3.05) is 19.5 Å². The van der Waals surface area contributed by atoms with E-state index in [1.807, 2.05) is 0 Å². The smallest absolute Gasteiger partial charge is 0.339 e. The zero-order chi connectivity index (χ0) is 26.1. The lowest BCUT2D eigenvalue weighted by Gasteiger charge is -2.15. The first-order chi connectivity index (χ1) is 17.9. The van der Waals surface area contributed by atoms with Gasteiger partial charge in [0.2, 0.25) is 5.95 Å². The van der Waals surface area contributed by atoms with Crippen LogP contribution in [0, 0.1) is 5.82 Å². The summed E-state index contributed by atoms with van der Waals surface area (Å²) in [6, 6.07) is 14.5. The van der Waals surface area contributed by atoms with Crippen molar-refractivity contribution >= 4 is 34.9 Å². The van der Waals surface area contributed by atoms with E-state index >= 15 is 4.39 Å². The van der Waals surface area contributed by atoms with Crippen LogP contribution in [0.3, 0.4) is 0 Å². The highest BCUT2D eigenvalue weighted by atomic mass is 35.5. The number of hydrogen-bond acceptors (Lipinski definition) is 7. The van der Waals surface area contributed by atoms with Crippen molar-refractivity contribution in [1.82, 2.24) is 9.97 Å². The number of rotatable bonds is 6. The molecule has 0 radical (unpaired) electrons. The third-order valence-electron chi connectivity index (χ3n) is 5.89. The molecule has 37 heavy (non-hydrogen) atoms. The molecule has 5 rings (SSSR count). The van der Waals surface area contributed by atoms with Crippen molar-refractivity contribution in [3.8, 4) is 22.8 Å². The summed E-state index contributed by atoms with van der Waals surface area (Å²) >= 11 is 6.35. The molecule has 0 aliphatic carbocycles. The highest BCUT2D eigenvalue weighted by Gasteiger charge is 2.26. The predicted octanol–water partition coefficient (Wildman–Crippen LogP) is 5.75. The lowest BCUT2D eigenvalue weighted by molar-refractivity contribution is 0.0693. The number of nitrogens with zero attached hydrogens (tertiary/aromatic N) is 3. The number of benzene rings is 3. The molecule has 0 saturated carbocycles. The number of para-hydroxylation sites is 1.